The van der Waals surface area contributed by atoms with Gasteiger partial charge in [0, 0.05) is 31.5 Å². The zero-order valence-corrected chi connectivity index (χ0v) is 16.6. The molecule has 1 fully saturated rings. The number of sulfone groups is 1. The molecule has 1 unspecified atom stereocenters. The number of halogens is 1. The molecule has 148 valence electrons. The number of benzene rings is 1. The third-order valence-corrected chi connectivity index (χ3v) is 5.73. The van der Waals surface area contributed by atoms with Crippen molar-refractivity contribution in [2.45, 2.75) is 43.6 Å². The summed E-state index contributed by atoms with van der Waals surface area (Å²) in [4.78, 5) is 6.20. The van der Waals surface area contributed by atoms with Crippen molar-refractivity contribution in [1.29, 1.82) is 0 Å². The molecule has 6 nitrogen and oxygen atoms in total. The van der Waals surface area contributed by atoms with Crippen LogP contribution in [0.3, 0.4) is 0 Å². The summed E-state index contributed by atoms with van der Waals surface area (Å²) in [6.07, 6.45) is 6.19. The van der Waals surface area contributed by atoms with Crippen molar-refractivity contribution in [3.8, 4) is 0 Å². The Bertz CT molecular complexity index is 876. The summed E-state index contributed by atoms with van der Waals surface area (Å²) in [7, 11) is -1.55. The predicted molar refractivity (Wildman–Crippen MR) is 101 cm³/mol. The van der Waals surface area contributed by atoms with Crippen molar-refractivity contribution in [1.82, 2.24) is 14.5 Å². The molecule has 0 spiro atoms. The van der Waals surface area contributed by atoms with Gasteiger partial charge in [0.15, 0.2) is 0 Å². The molecule has 3 rings (SSSR count). The van der Waals surface area contributed by atoms with Crippen molar-refractivity contribution < 1.29 is 17.5 Å². The number of aromatic nitrogens is 2. The summed E-state index contributed by atoms with van der Waals surface area (Å²) < 4.78 is 45.7. The number of imidazole rings is 1. The molecule has 2 aromatic rings. The Morgan fingerprint density at radius 1 is 1.33 bits per heavy atom. The Hall–Kier alpha value is -1.77. The van der Waals surface area contributed by atoms with Crippen LogP contribution in [0.2, 0.25) is 0 Å². The van der Waals surface area contributed by atoms with Crippen LogP contribution in [0.25, 0.3) is 0 Å². The van der Waals surface area contributed by atoms with Gasteiger partial charge in [-0.25, -0.2) is 17.8 Å². The van der Waals surface area contributed by atoms with Crippen LogP contribution in [0.1, 0.15) is 30.5 Å². The highest BCUT2D eigenvalue weighted by atomic mass is 32.2. The molecule has 0 saturated carbocycles. The van der Waals surface area contributed by atoms with Crippen LogP contribution in [-0.2, 0) is 27.7 Å². The lowest BCUT2D eigenvalue weighted by Crippen LogP contribution is -2.33. The van der Waals surface area contributed by atoms with Gasteiger partial charge in [-0.2, -0.15) is 0 Å². The van der Waals surface area contributed by atoms with Crippen LogP contribution >= 0.6 is 0 Å². The van der Waals surface area contributed by atoms with Gasteiger partial charge in [-0.1, -0.05) is 18.2 Å². The van der Waals surface area contributed by atoms with E-state index in [2.05, 4.69) is 9.88 Å². The van der Waals surface area contributed by atoms with Crippen LogP contribution in [0, 0.1) is 5.82 Å². The van der Waals surface area contributed by atoms with Gasteiger partial charge >= 0.3 is 0 Å². The highest BCUT2D eigenvalue weighted by Crippen LogP contribution is 2.19. The predicted octanol–water partition coefficient (Wildman–Crippen LogP) is 2.47. The fraction of sp³-hybridized carbons (Fsp3) is 0.526. The fourth-order valence-corrected chi connectivity index (χ4v) is 4.25. The van der Waals surface area contributed by atoms with E-state index in [0.717, 1.165) is 37.9 Å². The van der Waals surface area contributed by atoms with E-state index in [1.165, 1.54) is 12.5 Å². The molecule has 0 radical (unpaired) electrons. The lowest BCUT2D eigenvalue weighted by molar-refractivity contribution is -0.00289. The summed E-state index contributed by atoms with van der Waals surface area (Å²) in [5, 5.41) is -0.0388. The Balaban J connectivity index is 1.82. The van der Waals surface area contributed by atoms with Crippen LogP contribution in [0.15, 0.2) is 35.6 Å². The lowest BCUT2D eigenvalue weighted by Gasteiger charge is -2.27. The molecule has 0 aliphatic carbocycles. The van der Waals surface area contributed by atoms with Crippen LogP contribution in [0.5, 0.6) is 0 Å². The molecule has 27 heavy (non-hydrogen) atoms. The summed E-state index contributed by atoms with van der Waals surface area (Å²) in [5.74, 6) is -0.361. The molecule has 1 atom stereocenters. The third-order valence-electron chi connectivity index (χ3n) is 4.74. The van der Waals surface area contributed by atoms with E-state index in [9.17, 15) is 12.8 Å². The zero-order valence-electron chi connectivity index (χ0n) is 15.8. The molecule has 1 aromatic carbocycles. The average Bonchev–Trinajstić information content (AvgIpc) is 3.00. The first-order valence-corrected chi connectivity index (χ1v) is 11.0. The zero-order chi connectivity index (χ0) is 19.4. The van der Waals surface area contributed by atoms with Gasteiger partial charge in [0.2, 0.25) is 15.0 Å². The van der Waals surface area contributed by atoms with Crippen LogP contribution in [0.4, 0.5) is 4.39 Å². The second-order valence-electron chi connectivity index (χ2n) is 7.17. The minimum absolute atomic E-state index is 0.0388. The van der Waals surface area contributed by atoms with Gasteiger partial charge in [0.25, 0.3) is 0 Å². The van der Waals surface area contributed by atoms with E-state index in [4.69, 9.17) is 4.74 Å². The number of nitrogens with zero attached hydrogens (tertiary/aromatic N) is 3. The molecule has 1 aliphatic rings. The standard InChI is InChI=1S/C19H26FN3O3S/c1-22(14-17-8-5-6-10-26-17)13-16-11-21-19(27(2,24)25)23(16)12-15-7-3-4-9-18(15)20/h3-4,7,9,11,17H,5-6,8,10,12-14H2,1-2H3. The first-order valence-electron chi connectivity index (χ1n) is 9.12. The molecule has 0 bridgehead atoms. The van der Waals surface area contributed by atoms with Gasteiger partial charge in [-0.15, -0.1) is 0 Å². The van der Waals surface area contributed by atoms with E-state index in [-0.39, 0.29) is 23.6 Å². The molecule has 0 amide bonds. The van der Waals surface area contributed by atoms with Gasteiger partial charge in [0.05, 0.1) is 24.5 Å². The smallest absolute Gasteiger partial charge is 0.227 e. The Morgan fingerprint density at radius 2 is 2.11 bits per heavy atom. The maximum Gasteiger partial charge on any atom is 0.227 e. The second-order valence-corrected chi connectivity index (χ2v) is 9.08. The van der Waals surface area contributed by atoms with Crippen molar-refractivity contribution in [2.75, 3.05) is 26.5 Å². The Labute approximate surface area is 159 Å². The van der Waals surface area contributed by atoms with E-state index < -0.39 is 9.84 Å². The summed E-state index contributed by atoms with van der Waals surface area (Å²) in [6.45, 7) is 2.19. The first-order chi connectivity index (χ1) is 12.8. The van der Waals surface area contributed by atoms with Crippen LogP contribution < -0.4 is 0 Å². The monoisotopic (exact) mass is 395 g/mol. The minimum Gasteiger partial charge on any atom is -0.377 e. The molecule has 1 aromatic heterocycles. The fourth-order valence-electron chi connectivity index (χ4n) is 3.42. The van der Waals surface area contributed by atoms with Crippen molar-refractivity contribution in [3.63, 3.8) is 0 Å². The molecular weight excluding hydrogens is 369 g/mol. The van der Waals surface area contributed by atoms with E-state index in [1.807, 2.05) is 7.05 Å². The average molecular weight is 396 g/mol. The van der Waals surface area contributed by atoms with E-state index >= 15 is 0 Å². The van der Waals surface area contributed by atoms with Gasteiger partial charge in [-0.05, 0) is 32.4 Å². The van der Waals surface area contributed by atoms with Gasteiger partial charge in [-0.3, -0.25) is 4.90 Å². The second kappa shape index (κ2) is 8.50. The van der Waals surface area contributed by atoms with E-state index in [0.29, 0.717) is 12.1 Å². The quantitative estimate of drug-likeness (QED) is 0.721. The molecular formula is C19H26FN3O3S. The first kappa shape index (κ1) is 20.0. The van der Waals surface area contributed by atoms with Crippen LogP contribution in [-0.4, -0.2) is 55.4 Å². The summed E-state index contributed by atoms with van der Waals surface area (Å²) >= 11 is 0. The van der Waals surface area contributed by atoms with Gasteiger partial charge in [0.1, 0.15) is 5.82 Å². The number of ether oxygens (including phenoxy) is 1. The van der Waals surface area contributed by atoms with Crippen molar-refractivity contribution in [3.05, 3.63) is 47.5 Å². The third kappa shape index (κ3) is 5.15. The highest BCUT2D eigenvalue weighted by molar-refractivity contribution is 7.90. The normalized spacial score (nSPS) is 18.1. The molecule has 2 heterocycles. The molecule has 1 saturated heterocycles. The summed E-state index contributed by atoms with van der Waals surface area (Å²) in [6, 6.07) is 6.38. The van der Waals surface area contributed by atoms with Gasteiger partial charge < -0.3 is 9.30 Å². The largest absolute Gasteiger partial charge is 0.377 e. The Kier molecular flexibility index (Phi) is 6.29. The number of hydrogen-bond donors (Lipinski definition) is 0. The highest BCUT2D eigenvalue weighted by Gasteiger charge is 2.22. The number of likely N-dealkylation sites (N-methyl/N-ethyl adjacent to an activating group) is 1. The SMILES string of the molecule is CN(Cc1cnc(S(C)(=O)=O)n1Cc1ccccc1F)CC1CCCCO1. The summed E-state index contributed by atoms with van der Waals surface area (Å²) in [5.41, 5.74) is 1.16. The molecule has 8 heteroatoms. The lowest BCUT2D eigenvalue weighted by atomic mass is 10.1. The molecule has 0 N–H and O–H groups in total. The number of hydrogen-bond acceptors (Lipinski definition) is 5. The van der Waals surface area contributed by atoms with Crippen molar-refractivity contribution in [2.24, 2.45) is 0 Å². The Morgan fingerprint density at radius 3 is 2.78 bits per heavy atom. The minimum atomic E-state index is -3.52. The topological polar surface area (TPSA) is 64.4 Å². The van der Waals surface area contributed by atoms with Crippen molar-refractivity contribution >= 4 is 9.84 Å². The maximum absolute atomic E-state index is 14.1. The molecule has 1 aliphatic heterocycles. The maximum atomic E-state index is 14.1. The van der Waals surface area contributed by atoms with E-state index in [1.54, 1.807) is 29.0 Å². The number of rotatable bonds is 7.